The highest BCUT2D eigenvalue weighted by Gasteiger charge is 2.08. The van der Waals surface area contributed by atoms with E-state index in [-0.39, 0.29) is 11.9 Å². The Balaban J connectivity index is 1.61. The lowest BCUT2D eigenvalue weighted by Gasteiger charge is -2.06. The summed E-state index contributed by atoms with van der Waals surface area (Å²) in [4.78, 5) is 23.6. The van der Waals surface area contributed by atoms with Crippen LogP contribution < -0.4 is 0 Å². The topological polar surface area (TPSA) is 52.6 Å². The van der Waals surface area contributed by atoms with Crippen molar-refractivity contribution in [1.82, 2.24) is 0 Å². The van der Waals surface area contributed by atoms with Crippen LogP contribution in [0.2, 0.25) is 0 Å². The predicted molar refractivity (Wildman–Crippen MR) is 108 cm³/mol. The van der Waals surface area contributed by atoms with Crippen LogP contribution >= 0.6 is 45.2 Å². The lowest BCUT2D eigenvalue weighted by atomic mass is 10.2. The van der Waals surface area contributed by atoms with Crippen molar-refractivity contribution in [3.63, 3.8) is 0 Å². The molecule has 0 saturated heterocycles. The van der Waals surface area contributed by atoms with Gasteiger partial charge in [-0.15, -0.1) is 0 Å². The molecule has 4 nitrogen and oxygen atoms in total. The van der Waals surface area contributed by atoms with Crippen molar-refractivity contribution in [3.05, 3.63) is 66.8 Å². The van der Waals surface area contributed by atoms with E-state index in [4.69, 9.17) is 9.47 Å². The van der Waals surface area contributed by atoms with E-state index in [1.165, 1.54) is 0 Å². The maximum atomic E-state index is 11.8. The second-order valence-corrected chi connectivity index (χ2v) is 7.48. The van der Waals surface area contributed by atoms with Gasteiger partial charge in [-0.2, -0.15) is 0 Å². The molecule has 2 aromatic rings. The first-order valence-electron chi connectivity index (χ1n) is 7.41. The van der Waals surface area contributed by atoms with Gasteiger partial charge in [-0.1, -0.05) is 0 Å². The largest absolute Gasteiger partial charge is 0.462 e. The molecule has 0 N–H and O–H groups in total. The second kappa shape index (κ2) is 9.97. The Bertz CT molecular complexity index is 620. The smallest absolute Gasteiger partial charge is 0.338 e. The highest BCUT2D eigenvalue weighted by atomic mass is 127. The molecule has 0 amide bonds. The molecular formula is C18H16I2O4. The lowest BCUT2D eigenvalue weighted by molar-refractivity contribution is 0.0432. The number of halogens is 2. The van der Waals surface area contributed by atoms with Gasteiger partial charge in [-0.3, -0.25) is 0 Å². The average Bonchev–Trinajstić information content (AvgIpc) is 2.58. The number of unbranched alkanes of at least 4 members (excludes halogenated alkanes) is 1. The number of carbonyl (C=O) groups is 2. The molecule has 0 aliphatic heterocycles. The summed E-state index contributed by atoms with van der Waals surface area (Å²) < 4.78 is 12.5. The van der Waals surface area contributed by atoms with Crippen molar-refractivity contribution in [3.8, 4) is 0 Å². The molecule has 0 spiro atoms. The number of carbonyl (C=O) groups excluding carboxylic acids is 2. The van der Waals surface area contributed by atoms with Gasteiger partial charge >= 0.3 is 11.9 Å². The minimum Gasteiger partial charge on any atom is -0.462 e. The fourth-order valence-electron chi connectivity index (χ4n) is 1.87. The Morgan fingerprint density at radius 2 is 1.00 bits per heavy atom. The van der Waals surface area contributed by atoms with Gasteiger partial charge in [0, 0.05) is 7.14 Å². The highest BCUT2D eigenvalue weighted by Crippen LogP contribution is 2.09. The molecule has 2 aromatic carbocycles. The molecule has 0 aromatic heterocycles. The van der Waals surface area contributed by atoms with E-state index in [9.17, 15) is 9.59 Å². The van der Waals surface area contributed by atoms with Gasteiger partial charge in [-0.05, 0) is 107 Å². The summed E-state index contributed by atoms with van der Waals surface area (Å²) in [5.41, 5.74) is 1.08. The second-order valence-electron chi connectivity index (χ2n) is 4.99. The molecule has 0 atom stereocenters. The number of ether oxygens (including phenoxy) is 2. The van der Waals surface area contributed by atoms with E-state index in [1.54, 1.807) is 24.3 Å². The highest BCUT2D eigenvalue weighted by molar-refractivity contribution is 14.1. The fourth-order valence-corrected chi connectivity index (χ4v) is 2.59. The zero-order chi connectivity index (χ0) is 17.4. The zero-order valence-electron chi connectivity index (χ0n) is 12.8. The summed E-state index contributed by atoms with van der Waals surface area (Å²) in [5.74, 6) is -0.662. The summed E-state index contributed by atoms with van der Waals surface area (Å²) >= 11 is 4.36. The van der Waals surface area contributed by atoms with Gasteiger partial charge in [0.25, 0.3) is 0 Å². The molecule has 2 rings (SSSR count). The van der Waals surface area contributed by atoms with E-state index in [0.29, 0.717) is 37.2 Å². The number of esters is 2. The van der Waals surface area contributed by atoms with E-state index in [2.05, 4.69) is 45.2 Å². The first-order chi connectivity index (χ1) is 11.6. The normalized spacial score (nSPS) is 10.2. The van der Waals surface area contributed by atoms with Gasteiger partial charge in [0.05, 0.1) is 24.3 Å². The van der Waals surface area contributed by atoms with Crippen LogP contribution in [0.3, 0.4) is 0 Å². The average molecular weight is 550 g/mol. The Kier molecular flexibility index (Phi) is 7.97. The monoisotopic (exact) mass is 550 g/mol. The molecule has 24 heavy (non-hydrogen) atoms. The van der Waals surface area contributed by atoms with Crippen LogP contribution in [0.15, 0.2) is 48.5 Å². The molecule has 6 heteroatoms. The van der Waals surface area contributed by atoms with Crippen molar-refractivity contribution >= 4 is 57.1 Å². The standard InChI is InChI=1S/C18H16I2O4/c19-15-7-3-13(4-8-15)17(21)23-11-1-2-12-24-18(22)14-5-9-16(20)10-6-14/h3-10H,1-2,11-12H2. The van der Waals surface area contributed by atoms with Crippen LogP contribution in [0.4, 0.5) is 0 Å². The number of rotatable bonds is 7. The Labute approximate surface area is 168 Å². The Morgan fingerprint density at radius 3 is 1.33 bits per heavy atom. The van der Waals surface area contributed by atoms with Crippen LogP contribution in [0.25, 0.3) is 0 Å². The maximum Gasteiger partial charge on any atom is 0.338 e. The first-order valence-corrected chi connectivity index (χ1v) is 9.57. The van der Waals surface area contributed by atoms with Gasteiger partial charge in [0.15, 0.2) is 0 Å². The van der Waals surface area contributed by atoms with E-state index < -0.39 is 0 Å². The third-order valence-corrected chi connectivity index (χ3v) is 4.60. The van der Waals surface area contributed by atoms with E-state index in [1.807, 2.05) is 24.3 Å². The Hall–Kier alpha value is -1.16. The van der Waals surface area contributed by atoms with Gasteiger partial charge in [0.1, 0.15) is 0 Å². The van der Waals surface area contributed by atoms with Crippen molar-refractivity contribution in [1.29, 1.82) is 0 Å². The van der Waals surface area contributed by atoms with E-state index in [0.717, 1.165) is 7.14 Å². The van der Waals surface area contributed by atoms with Gasteiger partial charge < -0.3 is 9.47 Å². The van der Waals surface area contributed by atoms with E-state index >= 15 is 0 Å². The third-order valence-electron chi connectivity index (χ3n) is 3.16. The maximum absolute atomic E-state index is 11.8. The molecule has 0 aliphatic carbocycles. The van der Waals surface area contributed by atoms with Gasteiger partial charge in [0.2, 0.25) is 0 Å². The van der Waals surface area contributed by atoms with Crippen LogP contribution in [0.1, 0.15) is 33.6 Å². The van der Waals surface area contributed by atoms with Crippen molar-refractivity contribution in [2.75, 3.05) is 13.2 Å². The number of hydrogen-bond donors (Lipinski definition) is 0. The van der Waals surface area contributed by atoms with Crippen LogP contribution in [-0.4, -0.2) is 25.2 Å². The summed E-state index contributed by atoms with van der Waals surface area (Å²) in [7, 11) is 0. The first kappa shape index (κ1) is 19.2. The molecule has 0 bridgehead atoms. The van der Waals surface area contributed by atoms with Crippen LogP contribution in [-0.2, 0) is 9.47 Å². The van der Waals surface area contributed by atoms with Crippen molar-refractivity contribution in [2.45, 2.75) is 12.8 Å². The third kappa shape index (κ3) is 6.39. The molecule has 0 saturated carbocycles. The van der Waals surface area contributed by atoms with Crippen molar-refractivity contribution in [2.24, 2.45) is 0 Å². The summed E-state index contributed by atoms with van der Waals surface area (Å²) in [6.07, 6.45) is 1.30. The summed E-state index contributed by atoms with van der Waals surface area (Å²) in [6, 6.07) is 14.4. The molecular weight excluding hydrogens is 534 g/mol. The molecule has 0 heterocycles. The summed E-state index contributed by atoms with van der Waals surface area (Å²) in [6.45, 7) is 0.623. The zero-order valence-corrected chi connectivity index (χ0v) is 17.2. The van der Waals surface area contributed by atoms with Crippen LogP contribution in [0, 0.1) is 7.14 Å². The number of hydrogen-bond acceptors (Lipinski definition) is 4. The minimum atomic E-state index is -0.331. The molecule has 126 valence electrons. The molecule has 0 fully saturated rings. The van der Waals surface area contributed by atoms with Crippen molar-refractivity contribution < 1.29 is 19.1 Å². The SMILES string of the molecule is O=C(OCCCCOC(=O)c1ccc(I)cc1)c1ccc(I)cc1. The number of benzene rings is 2. The molecule has 0 aliphatic rings. The lowest BCUT2D eigenvalue weighted by Crippen LogP contribution is -2.09. The quantitative estimate of drug-likeness (QED) is 0.286. The fraction of sp³-hybridized carbons (Fsp3) is 0.222. The Morgan fingerprint density at radius 1 is 0.667 bits per heavy atom. The minimum absolute atomic E-state index is 0.311. The molecule has 0 unspecified atom stereocenters. The van der Waals surface area contributed by atoms with Gasteiger partial charge in [-0.25, -0.2) is 9.59 Å². The van der Waals surface area contributed by atoms with Crippen LogP contribution in [0.5, 0.6) is 0 Å². The summed E-state index contributed by atoms with van der Waals surface area (Å²) in [5, 5.41) is 0. The predicted octanol–water partition coefficient (Wildman–Crippen LogP) is 4.69. The molecule has 0 radical (unpaired) electrons.